The number of alkyl halides is 3. The molecule has 0 amide bonds. The zero-order chi connectivity index (χ0) is 29.3. The van der Waals surface area contributed by atoms with Gasteiger partial charge in [0.15, 0.2) is 6.29 Å². The Morgan fingerprint density at radius 2 is 1.17 bits per heavy atom. The summed E-state index contributed by atoms with van der Waals surface area (Å²) in [5.74, 6) is 0. The van der Waals surface area contributed by atoms with E-state index in [1.165, 1.54) is 7.11 Å². The zero-order valence-electron chi connectivity index (χ0n) is 22.2. The van der Waals surface area contributed by atoms with Gasteiger partial charge in [-0.05, 0) is 16.7 Å². The Morgan fingerprint density at radius 3 is 1.63 bits per heavy atom. The van der Waals surface area contributed by atoms with E-state index in [1.54, 1.807) is 78.9 Å². The fourth-order valence-corrected chi connectivity index (χ4v) is 4.92. The van der Waals surface area contributed by atoms with Crippen LogP contribution in [0.15, 0.2) is 91.0 Å². The number of methoxy groups -OCH3 is 1. The summed E-state index contributed by atoms with van der Waals surface area (Å²) >= 11 is 0. The number of rotatable bonds is 13. The number of benzene rings is 3. The Labute approximate surface area is 237 Å². The van der Waals surface area contributed by atoms with Crippen LogP contribution in [0.3, 0.4) is 0 Å². The third-order valence-electron chi connectivity index (χ3n) is 6.31. The van der Waals surface area contributed by atoms with Crippen molar-refractivity contribution in [2.75, 3.05) is 13.7 Å². The number of halogens is 3. The van der Waals surface area contributed by atoms with E-state index in [2.05, 4.69) is 0 Å². The Balaban J connectivity index is 1.64. The van der Waals surface area contributed by atoms with Crippen LogP contribution in [-0.4, -0.2) is 58.3 Å². The van der Waals surface area contributed by atoms with Gasteiger partial charge in [0.05, 0.1) is 26.4 Å². The molecule has 1 fully saturated rings. The summed E-state index contributed by atoms with van der Waals surface area (Å²) in [6, 6.07) is 26.9. The van der Waals surface area contributed by atoms with Gasteiger partial charge in [0, 0.05) is 7.11 Å². The van der Waals surface area contributed by atoms with E-state index in [4.69, 9.17) is 27.9 Å². The van der Waals surface area contributed by atoms with Gasteiger partial charge in [-0.3, -0.25) is 4.18 Å². The molecule has 41 heavy (non-hydrogen) atoms. The van der Waals surface area contributed by atoms with Crippen molar-refractivity contribution in [3.05, 3.63) is 108 Å². The van der Waals surface area contributed by atoms with Gasteiger partial charge in [0.25, 0.3) is 0 Å². The van der Waals surface area contributed by atoms with Gasteiger partial charge in [-0.1, -0.05) is 91.0 Å². The largest absolute Gasteiger partial charge is 0.523 e. The fourth-order valence-electron chi connectivity index (χ4n) is 4.29. The molecule has 3 aromatic carbocycles. The first-order valence-corrected chi connectivity index (χ1v) is 14.2. The Hall–Kier alpha value is -2.84. The Morgan fingerprint density at radius 1 is 0.707 bits per heavy atom. The maximum atomic E-state index is 13.5. The smallest absolute Gasteiger partial charge is 0.374 e. The topological polar surface area (TPSA) is 89.5 Å². The highest BCUT2D eigenvalue weighted by molar-refractivity contribution is 7.87. The normalized spacial score (nSPS) is 23.4. The van der Waals surface area contributed by atoms with E-state index in [0.717, 1.165) is 11.1 Å². The fraction of sp³-hybridized carbons (Fsp3) is 0.379. The minimum Gasteiger partial charge on any atom is -0.374 e. The van der Waals surface area contributed by atoms with Crippen molar-refractivity contribution in [1.82, 2.24) is 0 Å². The summed E-state index contributed by atoms with van der Waals surface area (Å²) in [6.07, 6.45) is -6.77. The van der Waals surface area contributed by atoms with Crippen molar-refractivity contribution in [3.63, 3.8) is 0 Å². The van der Waals surface area contributed by atoms with Crippen molar-refractivity contribution in [3.8, 4) is 0 Å². The molecule has 0 radical (unpaired) electrons. The third kappa shape index (κ3) is 8.58. The molecule has 8 nitrogen and oxygen atoms in total. The molecule has 0 N–H and O–H groups in total. The molecule has 1 aliphatic heterocycles. The van der Waals surface area contributed by atoms with Crippen molar-refractivity contribution < 1.29 is 49.5 Å². The van der Waals surface area contributed by atoms with Gasteiger partial charge in [-0.15, -0.1) is 0 Å². The Bertz CT molecular complexity index is 1290. The molecule has 0 unspecified atom stereocenters. The van der Waals surface area contributed by atoms with Crippen LogP contribution in [-0.2, 0) is 57.8 Å². The molecule has 0 bridgehead atoms. The number of ether oxygens (including phenoxy) is 5. The maximum Gasteiger partial charge on any atom is 0.523 e. The van der Waals surface area contributed by atoms with Gasteiger partial charge in [-0.2, -0.15) is 21.6 Å². The van der Waals surface area contributed by atoms with Crippen LogP contribution in [0.4, 0.5) is 13.2 Å². The number of hydrogen-bond donors (Lipinski definition) is 0. The van der Waals surface area contributed by atoms with E-state index in [9.17, 15) is 21.6 Å². The molecule has 222 valence electrons. The van der Waals surface area contributed by atoms with Crippen LogP contribution >= 0.6 is 0 Å². The van der Waals surface area contributed by atoms with Crippen LogP contribution in [0.25, 0.3) is 0 Å². The molecule has 4 rings (SSSR count). The monoisotopic (exact) mass is 596 g/mol. The quantitative estimate of drug-likeness (QED) is 0.202. The van der Waals surface area contributed by atoms with Crippen LogP contribution < -0.4 is 0 Å². The van der Waals surface area contributed by atoms with Crippen molar-refractivity contribution in [1.29, 1.82) is 0 Å². The first-order valence-electron chi connectivity index (χ1n) is 12.8. The molecule has 0 aliphatic carbocycles. The van der Waals surface area contributed by atoms with E-state index < -0.39 is 46.3 Å². The second kappa shape index (κ2) is 14.4. The standard InChI is InChI=1S/C29H31F3O8S/c1-35-28-27(38-19-23-15-9-4-10-16-23)26(37-18-22-13-7-3-8-14-22)25(40-41(33,34)29(30,31)32)24(39-28)20-36-17-21-11-5-2-6-12-21/h2-16,24-28H,17-20H2,1H3/t24-,25+,26+,27-,28-/m1/s1. The van der Waals surface area contributed by atoms with E-state index >= 15 is 0 Å². The lowest BCUT2D eigenvalue weighted by Gasteiger charge is -2.45. The zero-order valence-corrected chi connectivity index (χ0v) is 23.0. The summed E-state index contributed by atoms with van der Waals surface area (Å²) in [7, 11) is -4.71. The SMILES string of the molecule is CO[C@@H]1O[C@H](COCc2ccccc2)[C@H](OS(=O)(=O)C(F)(F)F)[C@H](OCc2ccccc2)[C@H]1OCc1ccccc1. The lowest BCUT2D eigenvalue weighted by atomic mass is 9.98. The van der Waals surface area contributed by atoms with Gasteiger partial charge < -0.3 is 23.7 Å². The van der Waals surface area contributed by atoms with Crippen LogP contribution in [0.5, 0.6) is 0 Å². The molecule has 12 heteroatoms. The number of hydrogen-bond acceptors (Lipinski definition) is 8. The van der Waals surface area contributed by atoms with Gasteiger partial charge in [-0.25, -0.2) is 0 Å². The predicted molar refractivity (Wildman–Crippen MR) is 142 cm³/mol. The van der Waals surface area contributed by atoms with Gasteiger partial charge in [0.2, 0.25) is 0 Å². The van der Waals surface area contributed by atoms with Crippen molar-refractivity contribution in [2.24, 2.45) is 0 Å². The molecular formula is C29H31F3O8S. The van der Waals surface area contributed by atoms with E-state index in [0.29, 0.717) is 5.56 Å². The first kappa shape index (κ1) is 31.1. The predicted octanol–water partition coefficient (Wildman–Crippen LogP) is 4.98. The molecule has 3 aromatic rings. The van der Waals surface area contributed by atoms with Gasteiger partial charge >= 0.3 is 15.6 Å². The molecule has 1 saturated heterocycles. The average molecular weight is 597 g/mol. The highest BCUT2D eigenvalue weighted by atomic mass is 32.2. The van der Waals surface area contributed by atoms with Crippen LogP contribution in [0, 0.1) is 0 Å². The molecular weight excluding hydrogens is 565 g/mol. The average Bonchev–Trinajstić information content (AvgIpc) is 2.97. The minimum atomic E-state index is -6.05. The molecule has 1 aliphatic rings. The third-order valence-corrected chi connectivity index (χ3v) is 7.35. The highest BCUT2D eigenvalue weighted by Crippen LogP contribution is 2.34. The van der Waals surface area contributed by atoms with Crippen LogP contribution in [0.1, 0.15) is 16.7 Å². The highest BCUT2D eigenvalue weighted by Gasteiger charge is 2.55. The summed E-state index contributed by atoms with van der Waals surface area (Å²) in [5, 5.41) is 0. The minimum absolute atomic E-state index is 0.0217. The van der Waals surface area contributed by atoms with Crippen LogP contribution in [0.2, 0.25) is 0 Å². The first-order chi connectivity index (χ1) is 19.7. The Kier molecular flexibility index (Phi) is 10.9. The summed E-state index contributed by atoms with van der Waals surface area (Å²) < 4.78 is 99.1. The summed E-state index contributed by atoms with van der Waals surface area (Å²) in [5.41, 5.74) is -3.42. The van der Waals surface area contributed by atoms with Crippen molar-refractivity contribution >= 4 is 10.1 Å². The second-order valence-corrected chi connectivity index (χ2v) is 10.8. The molecule has 0 spiro atoms. The lowest BCUT2D eigenvalue weighted by Crippen LogP contribution is -2.62. The molecule has 0 aromatic heterocycles. The van der Waals surface area contributed by atoms with Gasteiger partial charge in [0.1, 0.15) is 24.4 Å². The maximum absolute atomic E-state index is 13.5. The molecule has 5 atom stereocenters. The van der Waals surface area contributed by atoms with E-state index in [-0.39, 0.29) is 26.4 Å². The lowest BCUT2D eigenvalue weighted by molar-refractivity contribution is -0.312. The molecule has 0 saturated carbocycles. The summed E-state index contributed by atoms with van der Waals surface area (Å²) in [6.45, 7) is -0.269. The molecule has 1 heterocycles. The summed E-state index contributed by atoms with van der Waals surface area (Å²) in [4.78, 5) is 0. The van der Waals surface area contributed by atoms with Crippen molar-refractivity contribution in [2.45, 2.75) is 56.0 Å². The second-order valence-electron chi connectivity index (χ2n) is 9.26. The van der Waals surface area contributed by atoms with E-state index in [1.807, 2.05) is 12.1 Å².